The SMILES string of the molecule is NC(=O)c1ccccc1NN1CCCCC1. The molecule has 0 aliphatic carbocycles. The second-order valence-corrected chi connectivity index (χ2v) is 4.07. The minimum absolute atomic E-state index is 0.389. The van der Waals surface area contributed by atoms with Crippen LogP contribution in [0.3, 0.4) is 0 Å². The lowest BCUT2D eigenvalue weighted by atomic mass is 10.1. The normalized spacial score (nSPS) is 17.0. The summed E-state index contributed by atoms with van der Waals surface area (Å²) in [4.78, 5) is 11.2. The van der Waals surface area contributed by atoms with E-state index in [9.17, 15) is 4.79 Å². The lowest BCUT2D eigenvalue weighted by molar-refractivity contribution is 0.100. The number of anilines is 1. The van der Waals surface area contributed by atoms with Gasteiger partial charge in [0.05, 0.1) is 11.3 Å². The van der Waals surface area contributed by atoms with E-state index in [4.69, 9.17) is 5.73 Å². The lowest BCUT2D eigenvalue weighted by Gasteiger charge is -2.28. The first-order valence-corrected chi connectivity index (χ1v) is 5.68. The molecular formula is C12H17N3O. The predicted octanol–water partition coefficient (Wildman–Crippen LogP) is 1.60. The molecule has 1 aliphatic rings. The Balaban J connectivity index is 2.10. The van der Waals surface area contributed by atoms with Crippen molar-refractivity contribution in [2.45, 2.75) is 19.3 Å². The summed E-state index contributed by atoms with van der Waals surface area (Å²) in [5, 5.41) is 2.14. The molecule has 1 aromatic carbocycles. The number of nitrogens with zero attached hydrogens (tertiary/aromatic N) is 1. The molecule has 2 rings (SSSR count). The maximum absolute atomic E-state index is 11.2. The van der Waals surface area contributed by atoms with Crippen LogP contribution in [-0.4, -0.2) is 24.0 Å². The van der Waals surface area contributed by atoms with E-state index in [1.54, 1.807) is 6.07 Å². The van der Waals surface area contributed by atoms with Crippen LogP contribution >= 0.6 is 0 Å². The quantitative estimate of drug-likeness (QED) is 0.811. The van der Waals surface area contributed by atoms with Crippen molar-refractivity contribution in [1.82, 2.24) is 5.01 Å². The number of hydrogen-bond acceptors (Lipinski definition) is 3. The summed E-state index contributed by atoms with van der Waals surface area (Å²) in [5.41, 5.74) is 9.94. The van der Waals surface area contributed by atoms with Gasteiger partial charge in [0.25, 0.3) is 5.91 Å². The Hall–Kier alpha value is -1.55. The van der Waals surface area contributed by atoms with E-state index in [0.29, 0.717) is 5.56 Å². The van der Waals surface area contributed by atoms with Crippen molar-refractivity contribution in [2.24, 2.45) is 5.73 Å². The van der Waals surface area contributed by atoms with E-state index >= 15 is 0 Å². The molecule has 1 saturated heterocycles. The Morgan fingerprint density at radius 1 is 1.19 bits per heavy atom. The van der Waals surface area contributed by atoms with Crippen molar-refractivity contribution >= 4 is 11.6 Å². The van der Waals surface area contributed by atoms with Gasteiger partial charge in [0.1, 0.15) is 0 Å². The van der Waals surface area contributed by atoms with Crippen molar-refractivity contribution in [2.75, 3.05) is 18.5 Å². The second-order valence-electron chi connectivity index (χ2n) is 4.07. The highest BCUT2D eigenvalue weighted by Gasteiger charge is 2.12. The zero-order valence-corrected chi connectivity index (χ0v) is 9.28. The molecule has 0 bridgehead atoms. The van der Waals surface area contributed by atoms with Crippen LogP contribution < -0.4 is 11.2 Å². The van der Waals surface area contributed by atoms with E-state index in [1.807, 2.05) is 18.2 Å². The first-order valence-electron chi connectivity index (χ1n) is 5.68. The number of primary amides is 1. The first kappa shape index (κ1) is 11.0. The van der Waals surface area contributed by atoms with Crippen LogP contribution in [0.1, 0.15) is 29.6 Å². The molecular weight excluding hydrogens is 202 g/mol. The molecule has 1 heterocycles. The van der Waals surface area contributed by atoms with Gasteiger partial charge >= 0.3 is 0 Å². The number of hydrazine groups is 1. The van der Waals surface area contributed by atoms with Crippen molar-refractivity contribution in [1.29, 1.82) is 0 Å². The predicted molar refractivity (Wildman–Crippen MR) is 64.0 cm³/mol. The van der Waals surface area contributed by atoms with Crippen molar-refractivity contribution in [3.8, 4) is 0 Å². The molecule has 4 nitrogen and oxygen atoms in total. The molecule has 0 radical (unpaired) electrons. The van der Waals surface area contributed by atoms with Gasteiger partial charge in [-0.1, -0.05) is 18.6 Å². The number of piperidine rings is 1. The van der Waals surface area contributed by atoms with Gasteiger partial charge < -0.3 is 11.2 Å². The molecule has 0 atom stereocenters. The summed E-state index contributed by atoms with van der Waals surface area (Å²) in [6.07, 6.45) is 3.69. The Bertz CT molecular complexity index is 372. The van der Waals surface area contributed by atoms with Crippen molar-refractivity contribution < 1.29 is 4.79 Å². The standard InChI is InChI=1S/C12H17N3O/c13-12(16)10-6-2-3-7-11(10)14-15-8-4-1-5-9-15/h2-3,6-7,14H,1,4-5,8-9H2,(H2,13,16). The maximum atomic E-state index is 11.2. The summed E-state index contributed by atoms with van der Waals surface area (Å²) in [6, 6.07) is 7.35. The topological polar surface area (TPSA) is 58.4 Å². The molecule has 1 aliphatic heterocycles. The number of rotatable bonds is 3. The fourth-order valence-electron chi connectivity index (χ4n) is 1.97. The Labute approximate surface area is 95.4 Å². The van der Waals surface area contributed by atoms with E-state index in [2.05, 4.69) is 10.4 Å². The Morgan fingerprint density at radius 2 is 1.88 bits per heavy atom. The summed E-state index contributed by atoms with van der Waals surface area (Å²) < 4.78 is 0. The van der Waals surface area contributed by atoms with Gasteiger partial charge in [0.15, 0.2) is 0 Å². The zero-order valence-electron chi connectivity index (χ0n) is 9.28. The highest BCUT2D eigenvalue weighted by atomic mass is 16.1. The van der Waals surface area contributed by atoms with Gasteiger partial charge in [0, 0.05) is 13.1 Å². The van der Waals surface area contributed by atoms with Crippen LogP contribution in [0.5, 0.6) is 0 Å². The van der Waals surface area contributed by atoms with Crippen LogP contribution in [0, 0.1) is 0 Å². The number of carbonyl (C=O) groups is 1. The molecule has 86 valence electrons. The Morgan fingerprint density at radius 3 is 2.56 bits per heavy atom. The number of nitrogens with two attached hydrogens (primary N) is 1. The molecule has 1 amide bonds. The third kappa shape index (κ3) is 2.52. The molecule has 0 saturated carbocycles. The largest absolute Gasteiger partial charge is 0.366 e. The van der Waals surface area contributed by atoms with E-state index in [0.717, 1.165) is 18.8 Å². The van der Waals surface area contributed by atoms with Crippen LogP contribution in [0.4, 0.5) is 5.69 Å². The van der Waals surface area contributed by atoms with Crippen LogP contribution in [0.25, 0.3) is 0 Å². The molecule has 3 N–H and O–H groups in total. The van der Waals surface area contributed by atoms with Gasteiger partial charge in [-0.2, -0.15) is 0 Å². The number of amides is 1. The van der Waals surface area contributed by atoms with Crippen molar-refractivity contribution in [3.63, 3.8) is 0 Å². The maximum Gasteiger partial charge on any atom is 0.250 e. The molecule has 0 spiro atoms. The Kier molecular flexibility index (Phi) is 3.41. The third-order valence-corrected chi connectivity index (χ3v) is 2.83. The summed E-state index contributed by atoms with van der Waals surface area (Å²) >= 11 is 0. The van der Waals surface area contributed by atoms with E-state index in [-0.39, 0.29) is 5.91 Å². The summed E-state index contributed by atoms with van der Waals surface area (Å²) in [7, 11) is 0. The van der Waals surface area contributed by atoms with Gasteiger partial charge in [-0.3, -0.25) is 4.79 Å². The van der Waals surface area contributed by atoms with Gasteiger partial charge in [0.2, 0.25) is 0 Å². The minimum Gasteiger partial charge on any atom is -0.366 e. The highest BCUT2D eigenvalue weighted by Crippen LogP contribution is 2.17. The van der Waals surface area contributed by atoms with Crippen molar-refractivity contribution in [3.05, 3.63) is 29.8 Å². The average Bonchev–Trinajstić information content (AvgIpc) is 2.31. The average molecular weight is 219 g/mol. The summed E-state index contributed by atoms with van der Waals surface area (Å²) in [6.45, 7) is 2.04. The number of para-hydroxylation sites is 1. The number of nitrogens with one attached hydrogen (secondary N) is 1. The smallest absolute Gasteiger partial charge is 0.250 e. The number of carbonyl (C=O) groups excluding carboxylic acids is 1. The van der Waals surface area contributed by atoms with Crippen LogP contribution in [-0.2, 0) is 0 Å². The lowest BCUT2D eigenvalue weighted by Crippen LogP contribution is -2.35. The molecule has 16 heavy (non-hydrogen) atoms. The minimum atomic E-state index is -0.389. The van der Waals surface area contributed by atoms with Gasteiger partial charge in [-0.25, -0.2) is 5.01 Å². The molecule has 0 unspecified atom stereocenters. The van der Waals surface area contributed by atoms with E-state index in [1.165, 1.54) is 19.3 Å². The fourth-order valence-corrected chi connectivity index (χ4v) is 1.97. The monoisotopic (exact) mass is 219 g/mol. The number of hydrogen-bond donors (Lipinski definition) is 2. The zero-order chi connectivity index (χ0) is 11.4. The number of benzene rings is 1. The van der Waals surface area contributed by atoms with Crippen LogP contribution in [0.2, 0.25) is 0 Å². The van der Waals surface area contributed by atoms with E-state index < -0.39 is 0 Å². The van der Waals surface area contributed by atoms with Gasteiger partial charge in [-0.05, 0) is 25.0 Å². The van der Waals surface area contributed by atoms with Crippen LogP contribution in [0.15, 0.2) is 24.3 Å². The molecule has 1 fully saturated rings. The molecule has 4 heteroatoms. The second kappa shape index (κ2) is 4.99. The third-order valence-electron chi connectivity index (χ3n) is 2.83. The van der Waals surface area contributed by atoms with Gasteiger partial charge in [-0.15, -0.1) is 0 Å². The fraction of sp³-hybridized carbons (Fsp3) is 0.417. The first-order chi connectivity index (χ1) is 7.77. The summed E-state index contributed by atoms with van der Waals surface area (Å²) in [5.74, 6) is -0.389. The molecule has 0 aromatic heterocycles. The molecule has 1 aromatic rings. The highest BCUT2D eigenvalue weighted by molar-refractivity contribution is 5.98.